The third kappa shape index (κ3) is 6.26. The summed E-state index contributed by atoms with van der Waals surface area (Å²) < 4.78 is 13.5. The molecule has 5 rings (SSSR count). The Bertz CT molecular complexity index is 1360. The normalized spacial score (nSPS) is 14.6. The van der Waals surface area contributed by atoms with Gasteiger partial charge in [0.2, 0.25) is 5.91 Å². The molecular formula is C30H32N4O3S. The number of para-hydroxylation sites is 1. The van der Waals surface area contributed by atoms with E-state index < -0.39 is 0 Å². The highest BCUT2D eigenvalue weighted by atomic mass is 32.2. The van der Waals surface area contributed by atoms with E-state index in [9.17, 15) is 4.79 Å². The molecule has 0 radical (unpaired) electrons. The predicted octanol–water partition coefficient (Wildman–Crippen LogP) is 5.46. The van der Waals surface area contributed by atoms with E-state index in [-0.39, 0.29) is 24.3 Å². The van der Waals surface area contributed by atoms with Crippen molar-refractivity contribution < 1.29 is 14.3 Å². The van der Waals surface area contributed by atoms with Crippen molar-refractivity contribution in [3.63, 3.8) is 0 Å². The van der Waals surface area contributed by atoms with Gasteiger partial charge >= 0.3 is 0 Å². The molecule has 1 heterocycles. The molecule has 0 spiro atoms. The smallest absolute Gasteiger partial charge is 0.230 e. The molecule has 8 heteroatoms. The quantitative estimate of drug-likeness (QED) is 0.261. The number of amides is 1. The van der Waals surface area contributed by atoms with Crippen LogP contribution in [-0.2, 0) is 29.1 Å². The summed E-state index contributed by atoms with van der Waals surface area (Å²) in [7, 11) is 1.67. The number of carbonyl (C=O) groups is 1. The number of benzene rings is 3. The number of thioether (sulfide) groups is 1. The van der Waals surface area contributed by atoms with Gasteiger partial charge in [-0.15, -0.1) is 10.2 Å². The van der Waals surface area contributed by atoms with E-state index in [4.69, 9.17) is 9.47 Å². The van der Waals surface area contributed by atoms with Gasteiger partial charge in [-0.25, -0.2) is 0 Å². The first-order chi connectivity index (χ1) is 18.7. The number of aromatic nitrogens is 3. The summed E-state index contributed by atoms with van der Waals surface area (Å²) in [6.07, 6.45) is 3.11. The van der Waals surface area contributed by atoms with Crippen LogP contribution in [0.2, 0.25) is 0 Å². The minimum Gasteiger partial charge on any atom is -0.485 e. The number of hydrogen-bond donors (Lipinski definition) is 1. The molecule has 1 atom stereocenters. The standard InChI is InChI=1S/C30H32N4O3S/c1-36-19-18-34-28(20-37-27-17-8-7-15-25(27)23-10-3-2-4-11-23)32-33-30(34)38-21-29(35)31-26-16-9-13-22-12-5-6-14-24(22)26/h2-8,10-12,14-15,17,26H,9,13,16,18-21H2,1H3,(H,31,35)/t26-/m0/s1. The van der Waals surface area contributed by atoms with Crippen LogP contribution in [0, 0.1) is 0 Å². The van der Waals surface area contributed by atoms with Crippen LogP contribution in [-0.4, -0.2) is 40.1 Å². The molecule has 1 amide bonds. The van der Waals surface area contributed by atoms with Gasteiger partial charge in [-0.3, -0.25) is 4.79 Å². The predicted molar refractivity (Wildman–Crippen MR) is 149 cm³/mol. The molecule has 0 aliphatic heterocycles. The van der Waals surface area contributed by atoms with Crippen molar-refractivity contribution in [1.82, 2.24) is 20.1 Å². The Morgan fingerprint density at radius 3 is 2.68 bits per heavy atom. The van der Waals surface area contributed by atoms with Crippen LogP contribution in [0.1, 0.15) is 35.8 Å². The average molecular weight is 529 g/mol. The first-order valence-corrected chi connectivity index (χ1v) is 13.9. The number of nitrogens with one attached hydrogen (secondary N) is 1. The zero-order valence-electron chi connectivity index (χ0n) is 21.5. The van der Waals surface area contributed by atoms with Crippen molar-refractivity contribution in [2.45, 2.75) is 43.6 Å². The molecule has 1 aromatic heterocycles. The number of fused-ring (bicyclic) bond motifs is 1. The van der Waals surface area contributed by atoms with Gasteiger partial charge in [0, 0.05) is 19.2 Å². The Hall–Kier alpha value is -3.62. The maximum Gasteiger partial charge on any atom is 0.230 e. The Balaban J connectivity index is 1.24. The van der Waals surface area contributed by atoms with Crippen LogP contribution in [0.25, 0.3) is 11.1 Å². The SMILES string of the molecule is COCCn1c(COc2ccccc2-c2ccccc2)nnc1SCC(=O)N[C@H]1CCCc2ccccc21. The Labute approximate surface area is 227 Å². The van der Waals surface area contributed by atoms with Crippen LogP contribution in [0.3, 0.4) is 0 Å². The van der Waals surface area contributed by atoms with E-state index >= 15 is 0 Å². The Morgan fingerprint density at radius 2 is 1.82 bits per heavy atom. The lowest BCUT2D eigenvalue weighted by molar-refractivity contribution is -0.119. The lowest BCUT2D eigenvalue weighted by atomic mass is 9.88. The summed E-state index contributed by atoms with van der Waals surface area (Å²) in [5.74, 6) is 1.73. The largest absolute Gasteiger partial charge is 0.485 e. The molecule has 1 aliphatic carbocycles. The number of aryl methyl sites for hydroxylation is 1. The van der Waals surface area contributed by atoms with Crippen LogP contribution in [0.15, 0.2) is 84.0 Å². The zero-order valence-corrected chi connectivity index (χ0v) is 22.3. The van der Waals surface area contributed by atoms with Crippen LogP contribution in [0.4, 0.5) is 0 Å². The minimum atomic E-state index is -0.00687. The van der Waals surface area contributed by atoms with Crippen molar-refractivity contribution >= 4 is 17.7 Å². The number of hydrogen-bond acceptors (Lipinski definition) is 6. The van der Waals surface area contributed by atoms with E-state index in [1.807, 2.05) is 53.1 Å². The van der Waals surface area contributed by atoms with Gasteiger partial charge in [-0.2, -0.15) is 0 Å². The van der Waals surface area contributed by atoms with Gasteiger partial charge in [0.1, 0.15) is 12.4 Å². The van der Waals surface area contributed by atoms with Gasteiger partial charge < -0.3 is 19.4 Å². The van der Waals surface area contributed by atoms with E-state index in [1.54, 1.807) is 7.11 Å². The summed E-state index contributed by atoms with van der Waals surface area (Å²) in [5.41, 5.74) is 4.67. The van der Waals surface area contributed by atoms with Gasteiger partial charge in [-0.05, 0) is 42.0 Å². The first kappa shape index (κ1) is 26.0. The fourth-order valence-corrected chi connectivity index (χ4v) is 5.60. The number of methoxy groups -OCH3 is 1. The molecule has 196 valence electrons. The van der Waals surface area contributed by atoms with E-state index in [2.05, 4.69) is 45.8 Å². The van der Waals surface area contributed by atoms with Gasteiger partial charge in [-0.1, -0.05) is 84.6 Å². The molecule has 0 saturated carbocycles. The maximum atomic E-state index is 12.9. The third-order valence-corrected chi connectivity index (χ3v) is 7.64. The fraction of sp³-hybridized carbons (Fsp3) is 0.300. The summed E-state index contributed by atoms with van der Waals surface area (Å²) in [4.78, 5) is 12.9. The highest BCUT2D eigenvalue weighted by Gasteiger charge is 2.22. The van der Waals surface area contributed by atoms with E-state index in [0.717, 1.165) is 36.1 Å². The summed E-state index contributed by atoms with van der Waals surface area (Å²) in [6, 6.07) is 26.6. The third-order valence-electron chi connectivity index (χ3n) is 6.68. The molecule has 0 unspecified atom stereocenters. The number of ether oxygens (including phenoxy) is 2. The molecule has 7 nitrogen and oxygen atoms in total. The topological polar surface area (TPSA) is 78.3 Å². The molecule has 3 aromatic carbocycles. The van der Waals surface area contributed by atoms with E-state index in [0.29, 0.717) is 24.1 Å². The Kier molecular flexibility index (Phi) is 8.73. The lowest BCUT2D eigenvalue weighted by Gasteiger charge is -2.26. The van der Waals surface area contributed by atoms with Gasteiger partial charge in [0.25, 0.3) is 0 Å². The molecular weight excluding hydrogens is 496 g/mol. The Morgan fingerprint density at radius 1 is 1.03 bits per heavy atom. The highest BCUT2D eigenvalue weighted by molar-refractivity contribution is 7.99. The summed E-state index contributed by atoms with van der Waals surface area (Å²) in [5, 5.41) is 12.7. The van der Waals surface area contributed by atoms with Crippen molar-refractivity contribution in [3.8, 4) is 16.9 Å². The van der Waals surface area contributed by atoms with Crippen molar-refractivity contribution in [2.75, 3.05) is 19.5 Å². The fourth-order valence-electron chi connectivity index (χ4n) is 4.80. The molecule has 0 fully saturated rings. The minimum absolute atomic E-state index is 0.00687. The number of nitrogens with zero attached hydrogens (tertiary/aromatic N) is 3. The first-order valence-electron chi connectivity index (χ1n) is 12.9. The van der Waals surface area contributed by atoms with Crippen LogP contribution >= 0.6 is 11.8 Å². The van der Waals surface area contributed by atoms with Gasteiger partial charge in [0.05, 0.1) is 18.4 Å². The molecule has 1 aliphatic rings. The number of rotatable bonds is 11. The summed E-state index contributed by atoms with van der Waals surface area (Å²) in [6.45, 7) is 1.33. The van der Waals surface area contributed by atoms with E-state index in [1.165, 1.54) is 22.9 Å². The van der Waals surface area contributed by atoms with Gasteiger partial charge in [0.15, 0.2) is 11.0 Å². The van der Waals surface area contributed by atoms with Crippen LogP contribution < -0.4 is 10.1 Å². The van der Waals surface area contributed by atoms with Crippen molar-refractivity contribution in [3.05, 3.63) is 95.8 Å². The molecule has 0 saturated heterocycles. The van der Waals surface area contributed by atoms with Crippen molar-refractivity contribution in [2.24, 2.45) is 0 Å². The second kappa shape index (κ2) is 12.8. The van der Waals surface area contributed by atoms with Crippen LogP contribution in [0.5, 0.6) is 5.75 Å². The molecule has 4 aromatic rings. The zero-order chi connectivity index (χ0) is 26.2. The second-order valence-corrected chi connectivity index (χ2v) is 10.1. The monoisotopic (exact) mass is 528 g/mol. The highest BCUT2D eigenvalue weighted by Crippen LogP contribution is 2.31. The van der Waals surface area contributed by atoms with Crippen molar-refractivity contribution in [1.29, 1.82) is 0 Å². The molecule has 1 N–H and O–H groups in total. The molecule has 38 heavy (non-hydrogen) atoms. The maximum absolute atomic E-state index is 12.9. The molecule has 0 bridgehead atoms. The lowest BCUT2D eigenvalue weighted by Crippen LogP contribution is -2.32. The number of carbonyl (C=O) groups excluding carboxylic acids is 1. The average Bonchev–Trinajstić information content (AvgIpc) is 3.36. The second-order valence-electron chi connectivity index (χ2n) is 9.19. The summed E-state index contributed by atoms with van der Waals surface area (Å²) >= 11 is 1.38.